The number of carbonyl (C=O) groups is 4. The van der Waals surface area contributed by atoms with Crippen LogP contribution in [0.3, 0.4) is 0 Å². The van der Waals surface area contributed by atoms with Crippen molar-refractivity contribution in [3.8, 4) is 5.75 Å². The second-order valence-electron chi connectivity index (χ2n) is 8.79. The number of nitrogens with two attached hydrogens (primary N) is 1. The molecule has 9 nitrogen and oxygen atoms in total. The highest BCUT2D eigenvalue weighted by Gasteiger charge is 2.70. The highest BCUT2D eigenvalue weighted by Crippen LogP contribution is 2.54. The Labute approximate surface area is 200 Å². The van der Waals surface area contributed by atoms with Crippen molar-refractivity contribution in [2.45, 2.75) is 31.0 Å². The molecule has 0 unspecified atom stereocenters. The number of likely N-dealkylation sites (tertiary alicyclic amines) is 1. The van der Waals surface area contributed by atoms with Gasteiger partial charge in [-0.2, -0.15) is 0 Å². The predicted octanol–water partition coefficient (Wildman–Crippen LogP) is 1.53. The van der Waals surface area contributed by atoms with Crippen LogP contribution in [0.5, 0.6) is 5.75 Å². The van der Waals surface area contributed by atoms with E-state index in [1.165, 1.54) is 12.0 Å². The number of imide groups is 1. The van der Waals surface area contributed by atoms with Crippen LogP contribution in [0, 0.1) is 11.8 Å². The minimum atomic E-state index is -1.48. The van der Waals surface area contributed by atoms with Gasteiger partial charge in [-0.1, -0.05) is 29.8 Å². The number of amides is 4. The Morgan fingerprint density at radius 2 is 1.94 bits per heavy atom. The van der Waals surface area contributed by atoms with Gasteiger partial charge >= 0.3 is 0 Å². The lowest BCUT2D eigenvalue weighted by molar-refractivity contribution is -0.143. The Bertz CT molecular complexity index is 1230. The van der Waals surface area contributed by atoms with Gasteiger partial charge in [-0.05, 0) is 30.7 Å². The van der Waals surface area contributed by atoms with Gasteiger partial charge in [0, 0.05) is 34.3 Å². The van der Waals surface area contributed by atoms with Gasteiger partial charge in [-0.3, -0.25) is 29.4 Å². The normalized spacial score (nSPS) is 27.2. The van der Waals surface area contributed by atoms with Gasteiger partial charge in [0.15, 0.2) is 0 Å². The first-order chi connectivity index (χ1) is 16.3. The summed E-state index contributed by atoms with van der Waals surface area (Å²) in [6, 6.07) is 11.5. The summed E-state index contributed by atoms with van der Waals surface area (Å²) >= 11 is 6.24. The van der Waals surface area contributed by atoms with Gasteiger partial charge in [-0.25, -0.2) is 0 Å². The Hall–Kier alpha value is -3.43. The predicted molar refractivity (Wildman–Crippen MR) is 123 cm³/mol. The third-order valence-electron chi connectivity index (χ3n) is 6.99. The van der Waals surface area contributed by atoms with Gasteiger partial charge in [-0.15, -0.1) is 0 Å². The fourth-order valence-corrected chi connectivity index (χ4v) is 5.71. The van der Waals surface area contributed by atoms with E-state index < -0.39 is 47.0 Å². The van der Waals surface area contributed by atoms with Crippen LogP contribution in [0.1, 0.15) is 24.0 Å². The zero-order valence-corrected chi connectivity index (χ0v) is 19.1. The Balaban J connectivity index is 1.59. The number of methoxy groups -OCH3 is 1. The van der Waals surface area contributed by atoms with E-state index in [2.05, 4.69) is 10.6 Å². The first kappa shape index (κ1) is 22.4. The fraction of sp³-hybridized carbons (Fsp3) is 0.333. The number of para-hydroxylation sites is 1. The molecule has 0 saturated carbocycles. The lowest BCUT2D eigenvalue weighted by Crippen LogP contribution is -2.53. The van der Waals surface area contributed by atoms with E-state index in [0.717, 1.165) is 0 Å². The van der Waals surface area contributed by atoms with E-state index in [0.29, 0.717) is 27.6 Å². The molecule has 3 heterocycles. The summed E-state index contributed by atoms with van der Waals surface area (Å²) in [6.07, 6.45) is 0.220. The van der Waals surface area contributed by atoms with Crippen molar-refractivity contribution in [1.29, 1.82) is 0 Å². The topological polar surface area (TPSA) is 131 Å². The van der Waals surface area contributed by atoms with Crippen LogP contribution in [-0.2, 0) is 31.3 Å². The molecule has 4 atom stereocenters. The number of anilines is 1. The van der Waals surface area contributed by atoms with Crippen molar-refractivity contribution < 1.29 is 23.9 Å². The van der Waals surface area contributed by atoms with E-state index in [1.54, 1.807) is 42.5 Å². The molecule has 0 aromatic heterocycles. The van der Waals surface area contributed by atoms with Gasteiger partial charge in [0.25, 0.3) is 0 Å². The largest absolute Gasteiger partial charge is 0.496 e. The quantitative estimate of drug-likeness (QED) is 0.535. The molecule has 2 aromatic rings. The third kappa shape index (κ3) is 3.19. The standard InChI is InChI=1S/C24H23ClN4O5/c1-34-17-5-3-2-4-12(17)11-29-21(31)19-16(8-9-18(26)30)28-24(20(19)22(29)32)14-10-13(25)6-7-15(14)27-23(24)33/h2-7,10,16,19-20,28H,8-9,11H2,1H3,(H2,26,30)(H,27,33)/t16-,19-,20-,24-/m0/s1. The SMILES string of the molecule is COc1ccccc1CN1C(=O)[C@H]2[C@H](CCC(N)=O)N[C@]3(C(=O)Nc4ccc(Cl)cc43)[C@@H]2C1=O. The summed E-state index contributed by atoms with van der Waals surface area (Å²) in [5.74, 6) is -3.09. The number of benzene rings is 2. The summed E-state index contributed by atoms with van der Waals surface area (Å²) in [4.78, 5) is 53.5. The second kappa shape index (κ2) is 8.11. The Morgan fingerprint density at radius 1 is 1.18 bits per heavy atom. The van der Waals surface area contributed by atoms with Crippen molar-refractivity contribution in [2.24, 2.45) is 17.6 Å². The maximum absolute atomic E-state index is 13.8. The van der Waals surface area contributed by atoms with Crippen LogP contribution in [0.15, 0.2) is 42.5 Å². The summed E-state index contributed by atoms with van der Waals surface area (Å²) in [6.45, 7) is 0.0112. The third-order valence-corrected chi connectivity index (χ3v) is 7.23. The maximum Gasteiger partial charge on any atom is 0.250 e. The van der Waals surface area contributed by atoms with Crippen molar-refractivity contribution in [2.75, 3.05) is 12.4 Å². The fourth-order valence-electron chi connectivity index (χ4n) is 5.54. The minimum Gasteiger partial charge on any atom is -0.496 e. The molecule has 5 rings (SSSR count). The number of hydrogen-bond acceptors (Lipinski definition) is 6. The molecule has 2 aromatic carbocycles. The number of fused-ring (bicyclic) bond motifs is 4. The number of halogens is 1. The lowest BCUT2D eigenvalue weighted by atomic mass is 9.76. The second-order valence-corrected chi connectivity index (χ2v) is 9.22. The van der Waals surface area contributed by atoms with Gasteiger partial charge in [0.05, 0.1) is 25.5 Å². The lowest BCUT2D eigenvalue weighted by Gasteiger charge is -2.29. The van der Waals surface area contributed by atoms with E-state index in [-0.39, 0.29) is 19.4 Å². The molecule has 176 valence electrons. The van der Waals surface area contributed by atoms with E-state index in [9.17, 15) is 19.2 Å². The summed E-state index contributed by atoms with van der Waals surface area (Å²) in [5.41, 5.74) is 5.59. The number of carbonyl (C=O) groups excluding carboxylic acids is 4. The highest BCUT2D eigenvalue weighted by molar-refractivity contribution is 6.31. The smallest absolute Gasteiger partial charge is 0.250 e. The van der Waals surface area contributed by atoms with Gasteiger partial charge in [0.1, 0.15) is 11.3 Å². The van der Waals surface area contributed by atoms with Crippen LogP contribution in [0.2, 0.25) is 5.02 Å². The Morgan fingerprint density at radius 3 is 2.68 bits per heavy atom. The first-order valence-corrected chi connectivity index (χ1v) is 11.3. The molecule has 0 aliphatic carbocycles. The number of primary amides is 1. The first-order valence-electron chi connectivity index (χ1n) is 10.9. The average Bonchev–Trinajstić information content (AvgIpc) is 3.39. The number of hydrogen-bond donors (Lipinski definition) is 3. The summed E-state index contributed by atoms with van der Waals surface area (Å²) in [5, 5.41) is 6.47. The number of nitrogens with one attached hydrogen (secondary N) is 2. The highest BCUT2D eigenvalue weighted by atomic mass is 35.5. The molecule has 2 fully saturated rings. The molecule has 4 amide bonds. The van der Waals surface area contributed by atoms with Gasteiger partial charge < -0.3 is 15.8 Å². The molecule has 1 spiro atoms. The summed E-state index contributed by atoms with van der Waals surface area (Å²) < 4.78 is 5.38. The molecule has 2 saturated heterocycles. The van der Waals surface area contributed by atoms with Gasteiger partial charge in [0.2, 0.25) is 23.6 Å². The molecule has 3 aliphatic heterocycles. The van der Waals surface area contributed by atoms with E-state index >= 15 is 0 Å². The molecular formula is C24H23ClN4O5. The van der Waals surface area contributed by atoms with Crippen molar-refractivity contribution >= 4 is 40.9 Å². The monoisotopic (exact) mass is 482 g/mol. The van der Waals surface area contributed by atoms with Crippen LogP contribution >= 0.6 is 11.6 Å². The number of nitrogens with zero attached hydrogens (tertiary/aromatic N) is 1. The average molecular weight is 483 g/mol. The van der Waals surface area contributed by atoms with E-state index in [4.69, 9.17) is 22.1 Å². The molecule has 4 N–H and O–H groups in total. The zero-order chi connectivity index (χ0) is 24.2. The maximum atomic E-state index is 13.8. The van der Waals surface area contributed by atoms with Crippen LogP contribution < -0.4 is 21.1 Å². The minimum absolute atomic E-state index is 0.00890. The summed E-state index contributed by atoms with van der Waals surface area (Å²) in [7, 11) is 1.52. The number of ether oxygens (including phenoxy) is 1. The molecule has 0 bridgehead atoms. The molecule has 3 aliphatic rings. The molecule has 0 radical (unpaired) electrons. The zero-order valence-electron chi connectivity index (χ0n) is 18.3. The van der Waals surface area contributed by atoms with Crippen molar-refractivity contribution in [3.63, 3.8) is 0 Å². The Kier molecular flexibility index (Phi) is 5.33. The van der Waals surface area contributed by atoms with Crippen molar-refractivity contribution in [3.05, 3.63) is 58.6 Å². The van der Waals surface area contributed by atoms with Crippen LogP contribution in [0.25, 0.3) is 0 Å². The van der Waals surface area contributed by atoms with Crippen LogP contribution in [0.4, 0.5) is 5.69 Å². The van der Waals surface area contributed by atoms with Crippen molar-refractivity contribution in [1.82, 2.24) is 10.2 Å². The number of rotatable bonds is 6. The molecule has 34 heavy (non-hydrogen) atoms. The van der Waals surface area contributed by atoms with Crippen LogP contribution in [-0.4, -0.2) is 41.7 Å². The van der Waals surface area contributed by atoms with E-state index in [1.807, 2.05) is 0 Å². The molecular weight excluding hydrogens is 460 g/mol. The molecule has 10 heteroatoms.